The maximum absolute atomic E-state index is 12.4. The highest BCUT2D eigenvalue weighted by Gasteiger charge is 2.27. The Bertz CT molecular complexity index is 1010. The van der Waals surface area contributed by atoms with Crippen molar-refractivity contribution >= 4 is 29.4 Å². The van der Waals surface area contributed by atoms with Crippen molar-refractivity contribution in [3.8, 4) is 11.4 Å². The van der Waals surface area contributed by atoms with Crippen LogP contribution in [0.3, 0.4) is 0 Å². The number of nitrogens with one attached hydrogen (secondary N) is 1. The van der Waals surface area contributed by atoms with Gasteiger partial charge in [-0.25, -0.2) is 4.98 Å². The summed E-state index contributed by atoms with van der Waals surface area (Å²) in [5, 5.41) is 6.97. The summed E-state index contributed by atoms with van der Waals surface area (Å²) in [6.45, 7) is 1.75. The van der Waals surface area contributed by atoms with Crippen LogP contribution < -0.4 is 5.32 Å². The van der Waals surface area contributed by atoms with E-state index >= 15 is 0 Å². The Balaban J connectivity index is 1.55. The van der Waals surface area contributed by atoms with Crippen molar-refractivity contribution in [2.45, 2.75) is 30.9 Å². The normalized spacial score (nSPS) is 16.3. The first-order chi connectivity index (χ1) is 12.8. The van der Waals surface area contributed by atoms with Gasteiger partial charge in [0, 0.05) is 5.56 Å². The van der Waals surface area contributed by atoms with Gasteiger partial charge in [0.05, 0.1) is 11.7 Å². The molecule has 1 aromatic carbocycles. The molecular formula is C17H19B3N4O3. The Kier molecular flexibility index (Phi) is 4.21. The van der Waals surface area contributed by atoms with Gasteiger partial charge in [-0.15, -0.1) is 0 Å². The van der Waals surface area contributed by atoms with E-state index in [1.54, 1.807) is 6.92 Å². The van der Waals surface area contributed by atoms with Crippen LogP contribution in [0.5, 0.6) is 0 Å². The van der Waals surface area contributed by atoms with Crippen LogP contribution in [0.25, 0.3) is 11.4 Å². The van der Waals surface area contributed by atoms with E-state index in [2.05, 4.69) is 26.5 Å². The van der Waals surface area contributed by atoms with E-state index in [0.717, 1.165) is 24.0 Å². The van der Waals surface area contributed by atoms with Crippen LogP contribution in [0.2, 0.25) is 0 Å². The maximum Gasteiger partial charge on any atom is 0.289 e. The number of oxazole rings is 1. The molecule has 0 aliphatic heterocycles. The molecule has 0 unspecified atom stereocenters. The standard InChI is InChI=1S/C17H19B3N4O3/c1-8-13(26-7-21-8)15(25)22-12-5-3-9-6-10(2-4-11(9)12)14-23-16(27-24-14)17(18,19)20/h2,4,6-7,12H,3,5,18-20H2,1H3,(H,22,25)/t12-/m1/s1. The molecule has 2 heterocycles. The first-order valence-corrected chi connectivity index (χ1v) is 9.01. The zero-order valence-corrected chi connectivity index (χ0v) is 15.9. The summed E-state index contributed by atoms with van der Waals surface area (Å²) in [6, 6.07) is 6.04. The molecule has 2 aromatic heterocycles. The Morgan fingerprint density at radius 1 is 1.33 bits per heavy atom. The maximum atomic E-state index is 12.4. The molecule has 0 saturated carbocycles. The number of amides is 1. The van der Waals surface area contributed by atoms with E-state index < -0.39 is 0 Å². The quantitative estimate of drug-likeness (QED) is 0.629. The molecule has 0 fully saturated rings. The van der Waals surface area contributed by atoms with Crippen LogP contribution in [0.15, 0.2) is 33.5 Å². The molecule has 0 radical (unpaired) electrons. The summed E-state index contributed by atoms with van der Waals surface area (Å²) in [4.78, 5) is 20.9. The van der Waals surface area contributed by atoms with Crippen LogP contribution in [0, 0.1) is 6.92 Å². The van der Waals surface area contributed by atoms with Crippen molar-refractivity contribution < 1.29 is 13.7 Å². The highest BCUT2D eigenvalue weighted by atomic mass is 16.5. The van der Waals surface area contributed by atoms with Crippen LogP contribution >= 0.6 is 0 Å². The van der Waals surface area contributed by atoms with E-state index in [-0.39, 0.29) is 22.8 Å². The van der Waals surface area contributed by atoms with Gasteiger partial charge in [-0.1, -0.05) is 17.3 Å². The molecule has 4 rings (SSSR count). The molecule has 27 heavy (non-hydrogen) atoms. The second kappa shape index (κ2) is 6.44. The lowest BCUT2D eigenvalue weighted by Gasteiger charge is -2.13. The second-order valence-corrected chi connectivity index (χ2v) is 7.92. The molecule has 134 valence electrons. The Hall–Kier alpha value is -2.77. The predicted octanol–water partition coefficient (Wildman–Crippen LogP) is -0.540. The van der Waals surface area contributed by atoms with Crippen molar-refractivity contribution in [1.29, 1.82) is 0 Å². The SMILES string of the molecule is BC(B)(B)c1nc(-c2ccc3c(c2)CC[C@H]3NC(=O)c2ocnc2C)no1. The predicted molar refractivity (Wildman–Crippen MR) is 107 cm³/mol. The highest BCUT2D eigenvalue weighted by molar-refractivity contribution is 6.58. The molecule has 1 aliphatic rings. The Morgan fingerprint density at radius 2 is 2.15 bits per heavy atom. The monoisotopic (exact) mass is 360 g/mol. The third-order valence-corrected chi connectivity index (χ3v) is 4.80. The van der Waals surface area contributed by atoms with Crippen LogP contribution in [0.1, 0.15) is 45.7 Å². The van der Waals surface area contributed by atoms with Crippen LogP contribution in [-0.4, -0.2) is 44.6 Å². The van der Waals surface area contributed by atoms with E-state index in [9.17, 15) is 4.79 Å². The van der Waals surface area contributed by atoms with Gasteiger partial charge in [0.15, 0.2) is 6.39 Å². The lowest BCUT2D eigenvalue weighted by Crippen LogP contribution is -2.27. The average molecular weight is 360 g/mol. The summed E-state index contributed by atoms with van der Waals surface area (Å²) >= 11 is 0. The van der Waals surface area contributed by atoms with Gasteiger partial charge < -0.3 is 14.3 Å². The number of benzene rings is 1. The number of hydrogen-bond donors (Lipinski definition) is 1. The number of carbonyl (C=O) groups excluding carboxylic acids is 1. The fourth-order valence-corrected chi connectivity index (χ4v) is 3.30. The number of aromatic nitrogens is 3. The third kappa shape index (κ3) is 3.31. The summed E-state index contributed by atoms with van der Waals surface area (Å²) < 4.78 is 10.6. The molecule has 3 aromatic rings. The van der Waals surface area contributed by atoms with Crippen LogP contribution in [0.4, 0.5) is 0 Å². The van der Waals surface area contributed by atoms with Crippen molar-refractivity contribution in [3.05, 3.63) is 53.1 Å². The summed E-state index contributed by atoms with van der Waals surface area (Å²) in [5.74, 6) is 1.24. The zero-order chi connectivity index (χ0) is 19.2. The van der Waals surface area contributed by atoms with Crippen molar-refractivity contribution in [2.75, 3.05) is 0 Å². The van der Waals surface area contributed by atoms with Gasteiger partial charge in [0.1, 0.15) is 23.5 Å². The number of nitrogens with zero attached hydrogens (tertiary/aromatic N) is 3. The largest absolute Gasteiger partial charge is 0.438 e. The minimum atomic E-state index is -0.236. The van der Waals surface area contributed by atoms with Crippen molar-refractivity contribution in [3.63, 3.8) is 0 Å². The summed E-state index contributed by atoms with van der Waals surface area (Å²) in [7, 11) is 6.11. The third-order valence-electron chi connectivity index (χ3n) is 4.80. The van der Waals surface area contributed by atoms with E-state index in [1.165, 1.54) is 12.0 Å². The summed E-state index contributed by atoms with van der Waals surface area (Å²) in [5.41, 5.74) is 3.82. The summed E-state index contributed by atoms with van der Waals surface area (Å²) in [6.07, 6.45) is 3.01. The van der Waals surface area contributed by atoms with Gasteiger partial charge in [0.2, 0.25) is 17.5 Å². The van der Waals surface area contributed by atoms with E-state index in [0.29, 0.717) is 17.4 Å². The average Bonchev–Trinajstić information content (AvgIpc) is 3.33. The van der Waals surface area contributed by atoms with Crippen molar-refractivity contribution in [2.24, 2.45) is 0 Å². The lowest BCUT2D eigenvalue weighted by molar-refractivity contribution is 0.0908. The number of carbonyl (C=O) groups is 1. The Labute approximate surface area is 159 Å². The van der Waals surface area contributed by atoms with Gasteiger partial charge >= 0.3 is 0 Å². The molecule has 1 N–H and O–H groups in total. The van der Waals surface area contributed by atoms with Crippen molar-refractivity contribution in [1.82, 2.24) is 20.4 Å². The molecule has 0 saturated heterocycles. The van der Waals surface area contributed by atoms with E-state index in [1.807, 2.05) is 35.7 Å². The van der Waals surface area contributed by atoms with E-state index in [4.69, 9.17) is 8.94 Å². The highest BCUT2D eigenvalue weighted by Crippen LogP contribution is 2.34. The first-order valence-electron chi connectivity index (χ1n) is 9.01. The first kappa shape index (κ1) is 17.6. The molecule has 10 heteroatoms. The van der Waals surface area contributed by atoms with Gasteiger partial charge in [-0.3, -0.25) is 4.79 Å². The zero-order valence-electron chi connectivity index (χ0n) is 15.9. The van der Waals surface area contributed by atoms with Crippen LogP contribution in [-0.2, 0) is 11.5 Å². The number of hydrogen-bond acceptors (Lipinski definition) is 6. The number of fused-ring (bicyclic) bond motifs is 1. The van der Waals surface area contributed by atoms with Gasteiger partial charge in [0.25, 0.3) is 5.91 Å². The second-order valence-electron chi connectivity index (χ2n) is 7.92. The fourth-order valence-electron chi connectivity index (χ4n) is 3.30. The van der Waals surface area contributed by atoms with Gasteiger partial charge in [-0.2, -0.15) is 4.98 Å². The smallest absolute Gasteiger partial charge is 0.289 e. The lowest BCUT2D eigenvalue weighted by atomic mass is 9.42. The minimum Gasteiger partial charge on any atom is -0.438 e. The molecule has 0 spiro atoms. The molecule has 7 nitrogen and oxygen atoms in total. The Morgan fingerprint density at radius 3 is 2.81 bits per heavy atom. The molecular weight excluding hydrogens is 341 g/mol. The molecule has 0 bridgehead atoms. The molecule has 1 atom stereocenters. The number of rotatable bonds is 4. The molecule has 1 amide bonds. The topological polar surface area (TPSA) is 94.1 Å². The molecule has 1 aliphatic carbocycles. The number of aryl methyl sites for hydroxylation is 2. The fraction of sp³-hybridized carbons (Fsp3) is 0.294. The van der Waals surface area contributed by atoms with Gasteiger partial charge in [-0.05, 0) is 42.1 Å². The minimum absolute atomic E-state index is 0.0403.